The average molecular weight is 650 g/mol. The fourth-order valence-corrected chi connectivity index (χ4v) is 7.50. The lowest BCUT2D eigenvalue weighted by Crippen LogP contribution is -2.46. The smallest absolute Gasteiger partial charge is 0.253 e. The number of alkyl halides is 1. The molecule has 0 aromatic carbocycles. The van der Waals surface area contributed by atoms with Crippen molar-refractivity contribution in [1.29, 1.82) is 0 Å². The lowest BCUT2D eigenvalue weighted by atomic mass is 9.84. The Hall–Kier alpha value is -3.35. The second-order valence-corrected chi connectivity index (χ2v) is 14.0. The zero-order valence-electron chi connectivity index (χ0n) is 28.2. The van der Waals surface area contributed by atoms with Crippen LogP contribution in [0.4, 0.5) is 22.0 Å². The molecule has 3 aromatic rings. The van der Waals surface area contributed by atoms with Crippen LogP contribution < -0.4 is 21.3 Å². The molecule has 1 amide bonds. The summed E-state index contributed by atoms with van der Waals surface area (Å²) in [4.78, 5) is 31.7. The van der Waals surface area contributed by atoms with Crippen LogP contribution >= 0.6 is 0 Å². The number of aromatic nitrogens is 4. The first-order chi connectivity index (χ1) is 22.8. The Morgan fingerprint density at radius 1 is 1.09 bits per heavy atom. The number of pyridine rings is 1. The molecule has 2 aliphatic heterocycles. The van der Waals surface area contributed by atoms with Gasteiger partial charge in [-0.1, -0.05) is 0 Å². The van der Waals surface area contributed by atoms with Crippen LogP contribution in [-0.2, 0) is 4.74 Å². The van der Waals surface area contributed by atoms with Gasteiger partial charge in [0.25, 0.3) is 5.91 Å². The third kappa shape index (κ3) is 8.21. The number of ether oxygens (including phenoxy) is 1. The number of nitrogens with one attached hydrogen (secondary N) is 2. The Morgan fingerprint density at radius 3 is 2.60 bits per heavy atom. The number of amides is 1. The molecule has 0 radical (unpaired) electrons. The highest BCUT2D eigenvalue weighted by molar-refractivity contribution is 6.07. The number of likely N-dealkylation sites (tertiary alicyclic amines) is 1. The minimum absolute atomic E-state index is 0.0466. The molecular formula is C35H52FN9O2. The summed E-state index contributed by atoms with van der Waals surface area (Å²) in [5.41, 5.74) is 7.64. The Morgan fingerprint density at radius 2 is 1.87 bits per heavy atom. The minimum Gasteiger partial charge on any atom is -0.378 e. The number of hydrogen-bond acceptors (Lipinski definition) is 9. The highest BCUT2D eigenvalue weighted by Crippen LogP contribution is 2.29. The largest absolute Gasteiger partial charge is 0.378 e. The summed E-state index contributed by atoms with van der Waals surface area (Å²) in [7, 11) is 1.55. The van der Waals surface area contributed by atoms with E-state index in [2.05, 4.69) is 48.9 Å². The first kappa shape index (κ1) is 33.5. The lowest BCUT2D eigenvalue weighted by Gasteiger charge is -2.33. The molecule has 256 valence electrons. The van der Waals surface area contributed by atoms with E-state index in [4.69, 9.17) is 10.5 Å². The first-order valence-corrected chi connectivity index (χ1v) is 17.6. The molecule has 0 spiro atoms. The number of halogens is 1. The van der Waals surface area contributed by atoms with Crippen LogP contribution in [0, 0.1) is 5.92 Å². The van der Waals surface area contributed by atoms with E-state index >= 15 is 0 Å². The number of nitrogens with zero attached hydrogens (tertiary/aromatic N) is 6. The van der Waals surface area contributed by atoms with Crippen LogP contribution in [-0.4, -0.2) is 94.5 Å². The normalized spacial score (nSPS) is 24.6. The van der Waals surface area contributed by atoms with Gasteiger partial charge < -0.3 is 35.5 Å². The van der Waals surface area contributed by atoms with E-state index in [1.165, 1.54) is 38.5 Å². The van der Waals surface area contributed by atoms with Crippen LogP contribution in [0.2, 0.25) is 0 Å². The molecule has 0 bridgehead atoms. The number of carbonyl (C=O) groups is 1. The Balaban J connectivity index is 1.05. The van der Waals surface area contributed by atoms with Crippen molar-refractivity contribution in [3.05, 3.63) is 36.3 Å². The number of nitrogens with two attached hydrogens (primary N) is 1. The van der Waals surface area contributed by atoms with E-state index in [1.807, 2.05) is 17.2 Å². The van der Waals surface area contributed by atoms with Crippen LogP contribution in [0.25, 0.3) is 10.9 Å². The zero-order chi connectivity index (χ0) is 32.9. The first-order valence-electron chi connectivity index (χ1n) is 17.6. The molecule has 1 saturated carbocycles. The van der Waals surface area contributed by atoms with Gasteiger partial charge in [0.2, 0.25) is 5.95 Å². The maximum Gasteiger partial charge on any atom is 0.253 e. The molecular weight excluding hydrogens is 597 g/mol. The molecule has 3 fully saturated rings. The van der Waals surface area contributed by atoms with Crippen molar-refractivity contribution in [3.8, 4) is 0 Å². The monoisotopic (exact) mass is 649 g/mol. The van der Waals surface area contributed by atoms with Crippen molar-refractivity contribution in [1.82, 2.24) is 29.7 Å². The van der Waals surface area contributed by atoms with Crippen molar-refractivity contribution in [2.45, 2.75) is 102 Å². The molecule has 4 N–H and O–H groups in total. The number of carbonyl (C=O) groups excluding carboxylic acids is 1. The molecule has 6 rings (SSSR count). The van der Waals surface area contributed by atoms with Gasteiger partial charge in [-0.25, -0.2) is 14.4 Å². The summed E-state index contributed by atoms with van der Waals surface area (Å²) in [6.07, 6.45) is 13.9. The van der Waals surface area contributed by atoms with Gasteiger partial charge in [-0.3, -0.25) is 4.79 Å². The standard InChI is InChI=1S/C35H52FN9O2/c1-23(2)45-21-28(34(46)40-26-11-16-43(17-12-26)15-4-5-24-6-8-25(37)9-7-24)27-20-39-33(19-30(27)45)41-32-10-14-38-35(42-32)44-18-13-31(47-3)29(36)22-44/h10,14,19-21,23-26,29,31H,4-9,11-13,15-18,22,37H2,1-3H3,(H,40,46)(H,38,39,41,42)/t24?,25?,29-,31+/m1/s1. The molecule has 0 unspecified atom stereocenters. The highest BCUT2D eigenvalue weighted by Gasteiger charge is 2.30. The van der Waals surface area contributed by atoms with Gasteiger partial charge in [0.05, 0.1) is 23.7 Å². The van der Waals surface area contributed by atoms with Gasteiger partial charge >= 0.3 is 0 Å². The molecule has 47 heavy (non-hydrogen) atoms. The fourth-order valence-electron chi connectivity index (χ4n) is 7.50. The second kappa shape index (κ2) is 15.3. The average Bonchev–Trinajstić information content (AvgIpc) is 3.46. The predicted octanol–water partition coefficient (Wildman–Crippen LogP) is 5.21. The van der Waals surface area contributed by atoms with Crippen LogP contribution in [0.1, 0.15) is 88.0 Å². The topological polar surface area (TPSA) is 126 Å². The third-order valence-corrected chi connectivity index (χ3v) is 10.4. The SMILES string of the molecule is CO[C@H]1CCN(c2nccc(Nc3cc4c(cn3)c(C(=O)NC3CCN(CCCC5CCC(N)CC5)CC3)cn4C(C)C)n2)C[C@H]1F. The quantitative estimate of drug-likeness (QED) is 0.257. The summed E-state index contributed by atoms with van der Waals surface area (Å²) in [5.74, 6) is 2.44. The predicted molar refractivity (Wildman–Crippen MR) is 184 cm³/mol. The van der Waals surface area contributed by atoms with Gasteiger partial charge in [0.15, 0.2) is 0 Å². The summed E-state index contributed by atoms with van der Waals surface area (Å²) in [6.45, 7) is 8.22. The molecule has 3 aliphatic rings. The maximum absolute atomic E-state index is 14.5. The third-order valence-electron chi connectivity index (χ3n) is 10.4. The van der Waals surface area contributed by atoms with E-state index in [1.54, 1.807) is 25.6 Å². The van der Waals surface area contributed by atoms with Crippen LogP contribution in [0.3, 0.4) is 0 Å². The lowest BCUT2D eigenvalue weighted by molar-refractivity contribution is 0.0194. The van der Waals surface area contributed by atoms with Crippen molar-refractivity contribution < 1.29 is 13.9 Å². The zero-order valence-corrected chi connectivity index (χ0v) is 28.2. The van der Waals surface area contributed by atoms with E-state index in [9.17, 15) is 9.18 Å². The van der Waals surface area contributed by atoms with Crippen LogP contribution in [0.5, 0.6) is 0 Å². The molecule has 1 aliphatic carbocycles. The summed E-state index contributed by atoms with van der Waals surface area (Å²) < 4.78 is 21.9. The highest BCUT2D eigenvalue weighted by atomic mass is 19.1. The Labute approximate surface area is 277 Å². The molecule has 5 heterocycles. The second-order valence-electron chi connectivity index (χ2n) is 14.0. The molecule has 2 atom stereocenters. The van der Waals surface area contributed by atoms with Gasteiger partial charge in [-0.05, 0) is 90.2 Å². The van der Waals surface area contributed by atoms with Gasteiger partial charge in [0, 0.05) is 74.9 Å². The van der Waals surface area contributed by atoms with E-state index in [0.29, 0.717) is 42.2 Å². The molecule has 11 nitrogen and oxygen atoms in total. The number of rotatable bonds is 11. The van der Waals surface area contributed by atoms with Gasteiger partial charge in [-0.2, -0.15) is 4.98 Å². The number of hydrogen-bond donors (Lipinski definition) is 3. The fraction of sp³-hybridized carbons (Fsp3) is 0.657. The van der Waals surface area contributed by atoms with Crippen molar-refractivity contribution in [2.75, 3.05) is 50.1 Å². The summed E-state index contributed by atoms with van der Waals surface area (Å²) >= 11 is 0. The maximum atomic E-state index is 14.5. The number of methoxy groups -OCH3 is 1. The molecule has 2 saturated heterocycles. The Kier molecular flexibility index (Phi) is 10.9. The number of piperidine rings is 2. The summed E-state index contributed by atoms with van der Waals surface area (Å²) in [6, 6.07) is 4.46. The minimum atomic E-state index is -1.09. The number of fused-ring (bicyclic) bond motifs is 1. The van der Waals surface area contributed by atoms with E-state index in [0.717, 1.165) is 49.3 Å². The van der Waals surface area contributed by atoms with E-state index < -0.39 is 12.3 Å². The van der Waals surface area contributed by atoms with Crippen molar-refractivity contribution in [3.63, 3.8) is 0 Å². The van der Waals surface area contributed by atoms with Crippen molar-refractivity contribution in [2.24, 2.45) is 11.7 Å². The van der Waals surface area contributed by atoms with Crippen molar-refractivity contribution >= 4 is 34.4 Å². The van der Waals surface area contributed by atoms with Gasteiger partial charge in [0.1, 0.15) is 17.8 Å². The molecule has 12 heteroatoms. The Bertz CT molecular complexity index is 1480. The molecule has 3 aromatic heterocycles. The van der Waals surface area contributed by atoms with E-state index in [-0.39, 0.29) is 24.5 Å². The summed E-state index contributed by atoms with van der Waals surface area (Å²) in [5, 5.41) is 7.43. The number of anilines is 3. The van der Waals surface area contributed by atoms with Gasteiger partial charge in [-0.15, -0.1) is 0 Å². The van der Waals surface area contributed by atoms with Crippen LogP contribution in [0.15, 0.2) is 30.7 Å².